The molecule has 0 spiro atoms. The molecule has 0 radical (unpaired) electrons. The third kappa shape index (κ3) is 5.82. The molecule has 4 saturated carbocycles. The first-order chi connectivity index (χ1) is 20.1. The maximum Gasteiger partial charge on any atom is 0.253 e. The Balaban J connectivity index is 1.16. The van der Waals surface area contributed by atoms with Crippen LogP contribution in [0.15, 0.2) is 78.9 Å². The van der Waals surface area contributed by atoms with Gasteiger partial charge in [-0.15, -0.1) is 0 Å². The van der Waals surface area contributed by atoms with E-state index in [2.05, 4.69) is 22.8 Å². The van der Waals surface area contributed by atoms with Gasteiger partial charge in [-0.2, -0.15) is 0 Å². The van der Waals surface area contributed by atoms with E-state index in [1.807, 2.05) is 49.4 Å². The van der Waals surface area contributed by atoms with E-state index in [9.17, 15) is 18.0 Å². The molecule has 7 rings (SSSR count). The van der Waals surface area contributed by atoms with Gasteiger partial charge in [0.25, 0.3) is 5.91 Å². The van der Waals surface area contributed by atoms with Crippen molar-refractivity contribution in [1.29, 1.82) is 0 Å². The molecule has 4 aliphatic rings. The van der Waals surface area contributed by atoms with Crippen molar-refractivity contribution in [3.05, 3.63) is 95.6 Å². The van der Waals surface area contributed by atoms with Crippen LogP contribution in [0.3, 0.4) is 0 Å². The summed E-state index contributed by atoms with van der Waals surface area (Å²) in [6.45, 7) is 1.50. The highest BCUT2D eigenvalue weighted by molar-refractivity contribution is 7.92. The fraction of sp³-hybridized carbons (Fsp3) is 0.412. The second-order valence-electron chi connectivity index (χ2n) is 12.7. The summed E-state index contributed by atoms with van der Waals surface area (Å²) >= 11 is 0. The van der Waals surface area contributed by atoms with E-state index < -0.39 is 22.5 Å². The van der Waals surface area contributed by atoms with Crippen LogP contribution in [0.25, 0.3) is 0 Å². The van der Waals surface area contributed by atoms with Crippen molar-refractivity contribution < 1.29 is 18.0 Å². The number of carbonyl (C=O) groups excluding carboxylic acids is 2. The van der Waals surface area contributed by atoms with Crippen molar-refractivity contribution in [2.75, 3.05) is 22.4 Å². The molecule has 4 aliphatic carbocycles. The van der Waals surface area contributed by atoms with Crippen molar-refractivity contribution in [1.82, 2.24) is 5.32 Å². The van der Waals surface area contributed by atoms with Gasteiger partial charge in [0, 0.05) is 0 Å². The molecule has 0 aliphatic heterocycles. The van der Waals surface area contributed by atoms with E-state index in [0.717, 1.165) is 33.9 Å². The molecule has 0 saturated heterocycles. The third-order valence-corrected chi connectivity index (χ3v) is 10.7. The molecular weight excluding hydrogens is 546 g/mol. The minimum absolute atomic E-state index is 0.211. The molecule has 0 unspecified atom stereocenters. The number of benzene rings is 3. The number of nitrogens with zero attached hydrogens (tertiary/aromatic N) is 1. The topological polar surface area (TPSA) is 95.6 Å². The van der Waals surface area contributed by atoms with Crippen LogP contribution in [-0.4, -0.2) is 33.0 Å². The number of carbonyl (C=O) groups is 2. The van der Waals surface area contributed by atoms with Gasteiger partial charge >= 0.3 is 0 Å². The zero-order chi connectivity index (χ0) is 29.5. The summed E-state index contributed by atoms with van der Waals surface area (Å²) in [4.78, 5) is 26.3. The first-order valence-electron chi connectivity index (χ1n) is 14.9. The van der Waals surface area contributed by atoms with Gasteiger partial charge in [-0.05, 0) is 104 Å². The normalized spacial score (nSPS) is 25.0. The summed E-state index contributed by atoms with van der Waals surface area (Å²) in [6, 6.07) is 24.0. The highest BCUT2D eigenvalue weighted by Crippen LogP contribution is 2.60. The second kappa shape index (κ2) is 11.2. The zero-order valence-corrected chi connectivity index (χ0v) is 25.1. The second-order valence-corrected chi connectivity index (χ2v) is 14.6. The highest BCUT2D eigenvalue weighted by Gasteiger charge is 2.51. The van der Waals surface area contributed by atoms with Gasteiger partial charge < -0.3 is 10.6 Å². The van der Waals surface area contributed by atoms with Gasteiger partial charge in [-0.3, -0.25) is 13.9 Å². The predicted molar refractivity (Wildman–Crippen MR) is 166 cm³/mol. The maximum atomic E-state index is 13.2. The van der Waals surface area contributed by atoms with Crippen LogP contribution >= 0.6 is 0 Å². The molecule has 7 nitrogen and oxygen atoms in total. The van der Waals surface area contributed by atoms with Crippen LogP contribution in [0.4, 0.5) is 11.4 Å². The number of amides is 2. The van der Waals surface area contributed by atoms with Gasteiger partial charge in [-0.25, -0.2) is 8.42 Å². The van der Waals surface area contributed by atoms with Crippen molar-refractivity contribution in [2.24, 2.45) is 17.8 Å². The van der Waals surface area contributed by atoms with E-state index in [1.165, 1.54) is 44.1 Å². The van der Waals surface area contributed by atoms with Crippen LogP contribution in [0.1, 0.15) is 73.0 Å². The van der Waals surface area contributed by atoms with E-state index in [4.69, 9.17) is 0 Å². The maximum absolute atomic E-state index is 13.2. The molecule has 3 aromatic carbocycles. The largest absolute Gasteiger partial charge is 0.345 e. The van der Waals surface area contributed by atoms with Gasteiger partial charge in [0.2, 0.25) is 15.9 Å². The van der Waals surface area contributed by atoms with Crippen LogP contribution in [0.5, 0.6) is 0 Å². The molecule has 42 heavy (non-hydrogen) atoms. The fourth-order valence-corrected chi connectivity index (χ4v) is 8.91. The lowest BCUT2D eigenvalue weighted by atomic mass is 9.48. The lowest BCUT2D eigenvalue weighted by Crippen LogP contribution is -2.48. The molecule has 220 valence electrons. The number of anilines is 2. The Labute approximate surface area is 248 Å². The third-order valence-electron chi connectivity index (χ3n) is 9.59. The SMILES string of the molecule is C[C@H](NC(=O)c1ccccc1NC(=O)CN(c1ccc(C23CC4CC(CC(C4)C2)C3)cc1)S(C)(=O)=O)c1ccccc1. The molecule has 1 atom stereocenters. The number of rotatable bonds is 9. The lowest BCUT2D eigenvalue weighted by molar-refractivity contribution is -0.114. The summed E-state index contributed by atoms with van der Waals surface area (Å²) in [7, 11) is -3.74. The Bertz CT molecular complexity index is 1530. The summed E-state index contributed by atoms with van der Waals surface area (Å²) in [5.74, 6) is 1.60. The van der Waals surface area contributed by atoms with Crippen LogP contribution in [-0.2, 0) is 20.2 Å². The van der Waals surface area contributed by atoms with Crippen molar-refractivity contribution in [3.8, 4) is 0 Å². The van der Waals surface area contributed by atoms with Gasteiger partial charge in [-0.1, -0.05) is 54.6 Å². The molecule has 2 N–H and O–H groups in total. The standard InChI is InChI=1S/C34H39N3O4S/c1-23(27-8-4-3-5-9-27)35-33(39)30-10-6-7-11-31(30)36-32(38)22-37(42(2,40)41)29-14-12-28(13-15-29)34-19-24-16-25(20-34)18-26(17-24)21-34/h3-15,23-26H,16-22H2,1-2H3,(H,35,39)(H,36,38)/t23-,24?,25?,26?,34?/m0/s1. The smallest absolute Gasteiger partial charge is 0.253 e. The molecule has 3 aromatic rings. The lowest BCUT2D eigenvalue weighted by Gasteiger charge is -2.57. The minimum Gasteiger partial charge on any atom is -0.345 e. The Morgan fingerprint density at radius 2 is 1.43 bits per heavy atom. The first-order valence-corrected chi connectivity index (χ1v) is 16.8. The minimum atomic E-state index is -3.74. The van der Waals surface area contributed by atoms with Crippen molar-refractivity contribution in [3.63, 3.8) is 0 Å². The number of sulfonamides is 1. The zero-order valence-electron chi connectivity index (χ0n) is 24.3. The van der Waals surface area contributed by atoms with E-state index in [1.54, 1.807) is 24.3 Å². The summed E-state index contributed by atoms with van der Waals surface area (Å²) in [6.07, 6.45) is 8.90. The van der Waals surface area contributed by atoms with Crippen LogP contribution in [0.2, 0.25) is 0 Å². The van der Waals surface area contributed by atoms with Crippen molar-refractivity contribution >= 4 is 33.2 Å². The monoisotopic (exact) mass is 585 g/mol. The molecule has 0 aromatic heterocycles. The summed E-state index contributed by atoms with van der Waals surface area (Å²) < 4.78 is 26.8. The molecule has 2 amide bonds. The fourth-order valence-electron chi connectivity index (χ4n) is 8.06. The summed E-state index contributed by atoms with van der Waals surface area (Å²) in [5, 5.41) is 5.74. The predicted octanol–water partition coefficient (Wildman–Crippen LogP) is 6.05. The number of hydrogen-bond donors (Lipinski definition) is 2. The Hall–Kier alpha value is -3.65. The van der Waals surface area contributed by atoms with E-state index in [-0.39, 0.29) is 17.4 Å². The Kier molecular flexibility index (Phi) is 7.60. The molecular formula is C34H39N3O4S. The summed E-state index contributed by atoms with van der Waals surface area (Å²) in [5.41, 5.74) is 3.57. The average molecular weight is 586 g/mol. The van der Waals surface area contributed by atoms with E-state index in [0.29, 0.717) is 16.9 Å². The number of hydrogen-bond acceptors (Lipinski definition) is 4. The quantitative estimate of drug-likeness (QED) is 0.320. The van der Waals surface area contributed by atoms with Crippen molar-refractivity contribution in [2.45, 2.75) is 56.9 Å². The molecule has 4 bridgehead atoms. The van der Waals surface area contributed by atoms with Gasteiger partial charge in [0.1, 0.15) is 6.54 Å². The first kappa shape index (κ1) is 28.5. The molecule has 4 fully saturated rings. The molecule has 0 heterocycles. The number of nitrogens with one attached hydrogen (secondary N) is 2. The van der Waals surface area contributed by atoms with E-state index >= 15 is 0 Å². The average Bonchev–Trinajstić information content (AvgIpc) is 2.95. The van der Waals surface area contributed by atoms with Gasteiger partial charge in [0.15, 0.2) is 0 Å². The number of para-hydroxylation sites is 1. The van der Waals surface area contributed by atoms with Crippen LogP contribution < -0.4 is 14.9 Å². The Morgan fingerprint density at radius 3 is 2.02 bits per heavy atom. The Morgan fingerprint density at radius 1 is 0.857 bits per heavy atom. The highest BCUT2D eigenvalue weighted by atomic mass is 32.2. The van der Waals surface area contributed by atoms with Crippen LogP contribution in [0, 0.1) is 17.8 Å². The molecule has 8 heteroatoms. The van der Waals surface area contributed by atoms with Gasteiger partial charge in [0.05, 0.1) is 29.2 Å².